The predicted molar refractivity (Wildman–Crippen MR) is 50.0 cm³/mol. The maximum atomic E-state index is 8.48. The smallest absolute Gasteiger partial charge is 0.188 e. The van der Waals surface area contributed by atoms with Gasteiger partial charge in [-0.15, -0.1) is 0 Å². The van der Waals surface area contributed by atoms with Gasteiger partial charge in [0.2, 0.25) is 0 Å². The molecule has 0 fully saturated rings. The molecule has 0 atom stereocenters. The first kappa shape index (κ1) is 9.30. The Morgan fingerprint density at radius 2 is 2.08 bits per heavy atom. The number of anilines is 2. The number of nitrogen functional groups attached to an aromatic ring is 1. The SMILES string of the molecule is N#CCN(CC#N)c1ncc(N)s1. The van der Waals surface area contributed by atoms with Crippen molar-refractivity contribution in [3.8, 4) is 12.1 Å². The Bertz CT molecular complexity index is 342. The first-order chi connectivity index (χ1) is 6.27. The average molecular weight is 193 g/mol. The topological polar surface area (TPSA) is 89.7 Å². The molecule has 1 aromatic heterocycles. The lowest BCUT2D eigenvalue weighted by Crippen LogP contribution is -2.23. The van der Waals surface area contributed by atoms with Gasteiger partial charge in [0.1, 0.15) is 18.1 Å². The van der Waals surface area contributed by atoms with Gasteiger partial charge in [0.15, 0.2) is 5.13 Å². The standard InChI is InChI=1S/C7H7N5S/c8-1-3-12(4-2-9)7-11-5-6(10)13-7/h5H,3-4,10H2. The number of rotatable bonds is 3. The van der Waals surface area contributed by atoms with Gasteiger partial charge in [0.25, 0.3) is 0 Å². The van der Waals surface area contributed by atoms with E-state index in [9.17, 15) is 0 Å². The van der Waals surface area contributed by atoms with Crippen LogP contribution in [0.3, 0.4) is 0 Å². The number of nitriles is 2. The third kappa shape index (κ3) is 2.32. The van der Waals surface area contributed by atoms with Crippen LogP contribution in [0, 0.1) is 22.7 Å². The summed E-state index contributed by atoms with van der Waals surface area (Å²) in [6.45, 7) is 0.307. The van der Waals surface area contributed by atoms with Crippen molar-refractivity contribution in [1.82, 2.24) is 4.98 Å². The van der Waals surface area contributed by atoms with Gasteiger partial charge in [-0.1, -0.05) is 11.3 Å². The van der Waals surface area contributed by atoms with Crippen molar-refractivity contribution in [3.63, 3.8) is 0 Å². The Kier molecular flexibility index (Phi) is 3.07. The molecule has 2 N–H and O–H groups in total. The summed E-state index contributed by atoms with van der Waals surface area (Å²) in [6, 6.07) is 3.92. The van der Waals surface area contributed by atoms with Crippen molar-refractivity contribution in [2.24, 2.45) is 0 Å². The highest BCUT2D eigenvalue weighted by molar-refractivity contribution is 7.19. The van der Waals surface area contributed by atoms with Crippen molar-refractivity contribution in [2.75, 3.05) is 23.7 Å². The van der Waals surface area contributed by atoms with Crippen LogP contribution in [0.2, 0.25) is 0 Å². The van der Waals surface area contributed by atoms with E-state index in [0.717, 1.165) is 0 Å². The average Bonchev–Trinajstić information content (AvgIpc) is 2.51. The molecule has 0 aliphatic rings. The van der Waals surface area contributed by atoms with E-state index in [1.165, 1.54) is 17.5 Å². The highest BCUT2D eigenvalue weighted by atomic mass is 32.1. The van der Waals surface area contributed by atoms with Crippen LogP contribution in [-0.2, 0) is 0 Å². The van der Waals surface area contributed by atoms with Crippen LogP contribution in [0.25, 0.3) is 0 Å². The summed E-state index contributed by atoms with van der Waals surface area (Å²) in [6.07, 6.45) is 1.52. The van der Waals surface area contributed by atoms with E-state index >= 15 is 0 Å². The van der Waals surface area contributed by atoms with Gasteiger partial charge < -0.3 is 10.6 Å². The summed E-state index contributed by atoms with van der Waals surface area (Å²) in [5.41, 5.74) is 5.47. The maximum absolute atomic E-state index is 8.48. The Balaban J connectivity index is 2.77. The van der Waals surface area contributed by atoms with Gasteiger partial charge in [-0.2, -0.15) is 10.5 Å². The molecule has 0 saturated carbocycles. The van der Waals surface area contributed by atoms with Gasteiger partial charge in [0.05, 0.1) is 18.3 Å². The summed E-state index contributed by atoms with van der Waals surface area (Å²) in [4.78, 5) is 5.54. The first-order valence-corrected chi connectivity index (χ1v) is 4.29. The van der Waals surface area contributed by atoms with Crippen molar-refractivity contribution < 1.29 is 0 Å². The van der Waals surface area contributed by atoms with E-state index in [-0.39, 0.29) is 13.1 Å². The van der Waals surface area contributed by atoms with Gasteiger partial charge >= 0.3 is 0 Å². The molecule has 0 radical (unpaired) electrons. The van der Waals surface area contributed by atoms with Gasteiger partial charge in [0, 0.05) is 0 Å². The molecule has 0 bridgehead atoms. The second kappa shape index (κ2) is 4.29. The van der Waals surface area contributed by atoms with Gasteiger partial charge in [-0.05, 0) is 0 Å². The normalized spacial score (nSPS) is 8.77. The van der Waals surface area contributed by atoms with Crippen LogP contribution in [0.4, 0.5) is 10.1 Å². The largest absolute Gasteiger partial charge is 0.389 e. The predicted octanol–water partition coefficient (Wildman–Crippen LogP) is 0.579. The summed E-state index contributed by atoms with van der Waals surface area (Å²) in [5.74, 6) is 0. The third-order valence-electron chi connectivity index (χ3n) is 1.31. The van der Waals surface area contributed by atoms with Gasteiger partial charge in [-0.25, -0.2) is 4.98 Å². The van der Waals surface area contributed by atoms with Crippen molar-refractivity contribution in [3.05, 3.63) is 6.20 Å². The Hall–Kier alpha value is -1.79. The molecule has 0 spiro atoms. The van der Waals surface area contributed by atoms with Crippen LogP contribution >= 0.6 is 11.3 Å². The van der Waals surface area contributed by atoms with Crippen LogP contribution in [0.5, 0.6) is 0 Å². The zero-order valence-corrected chi connectivity index (χ0v) is 7.58. The molecule has 0 aromatic carbocycles. The fourth-order valence-electron chi connectivity index (χ4n) is 0.785. The number of nitrogens with zero attached hydrogens (tertiary/aromatic N) is 4. The van der Waals surface area contributed by atoms with Gasteiger partial charge in [-0.3, -0.25) is 0 Å². The Morgan fingerprint density at radius 1 is 1.46 bits per heavy atom. The molecule has 0 amide bonds. The van der Waals surface area contributed by atoms with Crippen LogP contribution in [0.1, 0.15) is 0 Å². The number of thiazole rings is 1. The summed E-state index contributed by atoms with van der Waals surface area (Å²) < 4.78 is 0. The van der Waals surface area contributed by atoms with Crippen molar-refractivity contribution >= 4 is 21.5 Å². The summed E-state index contributed by atoms with van der Waals surface area (Å²) >= 11 is 1.27. The minimum absolute atomic E-state index is 0.153. The summed E-state index contributed by atoms with van der Waals surface area (Å²) in [7, 11) is 0. The fourth-order valence-corrected chi connectivity index (χ4v) is 1.46. The molecule has 1 rings (SSSR count). The molecular formula is C7H7N5S. The molecule has 0 aliphatic carbocycles. The Labute approximate surface area is 79.6 Å². The lowest BCUT2D eigenvalue weighted by molar-refractivity contribution is 0.956. The molecule has 0 unspecified atom stereocenters. The minimum Gasteiger partial charge on any atom is -0.389 e. The quantitative estimate of drug-likeness (QED) is 0.709. The Morgan fingerprint density at radius 3 is 2.46 bits per heavy atom. The van der Waals surface area contributed by atoms with E-state index < -0.39 is 0 Å². The van der Waals surface area contributed by atoms with Crippen LogP contribution < -0.4 is 10.6 Å². The third-order valence-corrected chi connectivity index (χ3v) is 2.19. The number of nitrogens with two attached hydrogens (primary N) is 1. The van der Waals surface area contributed by atoms with Crippen LogP contribution in [0.15, 0.2) is 6.20 Å². The molecule has 1 heterocycles. The van der Waals surface area contributed by atoms with E-state index in [4.69, 9.17) is 16.3 Å². The van der Waals surface area contributed by atoms with Crippen LogP contribution in [-0.4, -0.2) is 18.1 Å². The second-order valence-electron chi connectivity index (χ2n) is 2.22. The molecule has 66 valence electrons. The molecule has 13 heavy (non-hydrogen) atoms. The molecule has 0 saturated heterocycles. The zero-order valence-electron chi connectivity index (χ0n) is 6.77. The monoisotopic (exact) mass is 193 g/mol. The van der Waals surface area contributed by atoms with E-state index in [2.05, 4.69) is 4.98 Å². The lowest BCUT2D eigenvalue weighted by Gasteiger charge is -2.12. The fraction of sp³-hybridized carbons (Fsp3) is 0.286. The number of aromatic nitrogens is 1. The highest BCUT2D eigenvalue weighted by Crippen LogP contribution is 2.23. The number of hydrogen-bond acceptors (Lipinski definition) is 6. The molecule has 5 nitrogen and oxygen atoms in total. The van der Waals surface area contributed by atoms with Crippen molar-refractivity contribution in [2.45, 2.75) is 0 Å². The van der Waals surface area contributed by atoms with Crippen molar-refractivity contribution in [1.29, 1.82) is 10.5 Å². The minimum atomic E-state index is 0.153. The maximum Gasteiger partial charge on any atom is 0.188 e. The first-order valence-electron chi connectivity index (χ1n) is 3.48. The van der Waals surface area contributed by atoms with E-state index in [1.807, 2.05) is 12.1 Å². The molecular weight excluding hydrogens is 186 g/mol. The van der Waals surface area contributed by atoms with E-state index in [0.29, 0.717) is 10.1 Å². The second-order valence-corrected chi connectivity index (χ2v) is 3.26. The zero-order chi connectivity index (χ0) is 9.68. The number of hydrogen-bond donors (Lipinski definition) is 1. The summed E-state index contributed by atoms with van der Waals surface area (Å²) in [5, 5.41) is 18.1. The lowest BCUT2D eigenvalue weighted by atomic mass is 10.5. The molecule has 0 aliphatic heterocycles. The molecule has 6 heteroatoms. The highest BCUT2D eigenvalue weighted by Gasteiger charge is 2.08. The van der Waals surface area contributed by atoms with E-state index in [1.54, 1.807) is 4.90 Å². The molecule has 1 aromatic rings.